The number of aromatic hydroxyl groups is 1. The monoisotopic (exact) mass is 322 g/mol. The molecule has 0 bridgehead atoms. The van der Waals surface area contributed by atoms with Gasteiger partial charge in [-0.15, -0.1) is 0 Å². The number of phenols is 1. The van der Waals surface area contributed by atoms with Crippen LogP contribution in [0.4, 0.5) is 26.3 Å². The third kappa shape index (κ3) is 3.05. The molecule has 1 N–H and O–H groups in total. The summed E-state index contributed by atoms with van der Waals surface area (Å²) in [7, 11) is 0. The molecule has 1 aromatic rings. The molecule has 0 aliphatic heterocycles. The van der Waals surface area contributed by atoms with E-state index in [1.54, 1.807) is 0 Å². The zero-order chi connectivity index (χ0) is 13.4. The van der Waals surface area contributed by atoms with E-state index in [2.05, 4.69) is 15.9 Å². The van der Waals surface area contributed by atoms with Crippen LogP contribution in [-0.4, -0.2) is 5.11 Å². The molecule has 0 amide bonds. The van der Waals surface area contributed by atoms with E-state index < -0.39 is 40.1 Å². The van der Waals surface area contributed by atoms with Gasteiger partial charge in [-0.25, -0.2) is 0 Å². The molecule has 0 aromatic heterocycles. The number of rotatable bonds is 1. The van der Waals surface area contributed by atoms with Crippen LogP contribution in [0.5, 0.6) is 5.75 Å². The zero-order valence-corrected chi connectivity index (χ0v) is 9.54. The van der Waals surface area contributed by atoms with Gasteiger partial charge in [0.05, 0.1) is 5.56 Å². The predicted molar refractivity (Wildman–Crippen MR) is 50.7 cm³/mol. The topological polar surface area (TPSA) is 20.2 Å². The summed E-state index contributed by atoms with van der Waals surface area (Å²) < 4.78 is 74.3. The Morgan fingerprint density at radius 2 is 1.53 bits per heavy atom. The third-order valence-electron chi connectivity index (χ3n) is 1.95. The lowest BCUT2D eigenvalue weighted by Crippen LogP contribution is -2.12. The Kier molecular flexibility index (Phi) is 3.66. The molecule has 0 fully saturated rings. The maximum Gasteiger partial charge on any atom is 0.420 e. The lowest BCUT2D eigenvalue weighted by Gasteiger charge is -2.16. The molecule has 96 valence electrons. The summed E-state index contributed by atoms with van der Waals surface area (Å²) >= 11 is 2.66. The van der Waals surface area contributed by atoms with E-state index >= 15 is 0 Å². The predicted octanol–water partition coefficient (Wildman–Crippen LogP) is 4.32. The summed E-state index contributed by atoms with van der Waals surface area (Å²) in [4.78, 5) is 0. The van der Waals surface area contributed by atoms with Gasteiger partial charge < -0.3 is 5.11 Å². The van der Waals surface area contributed by atoms with Gasteiger partial charge in [0.15, 0.2) is 0 Å². The second kappa shape index (κ2) is 4.40. The van der Waals surface area contributed by atoms with E-state index in [1.165, 1.54) is 0 Å². The van der Waals surface area contributed by atoms with Crippen molar-refractivity contribution in [2.75, 3.05) is 0 Å². The Morgan fingerprint density at radius 1 is 1.00 bits per heavy atom. The average molecular weight is 323 g/mol. The minimum atomic E-state index is -4.91. The Balaban J connectivity index is 3.47. The molecule has 0 atom stereocenters. The first kappa shape index (κ1) is 14.1. The van der Waals surface area contributed by atoms with Gasteiger partial charge in [-0.1, -0.05) is 15.9 Å². The van der Waals surface area contributed by atoms with Gasteiger partial charge in [-0.3, -0.25) is 0 Å². The van der Waals surface area contributed by atoms with Crippen molar-refractivity contribution in [3.05, 3.63) is 28.8 Å². The van der Waals surface area contributed by atoms with Crippen LogP contribution in [0.25, 0.3) is 0 Å². The zero-order valence-electron chi connectivity index (χ0n) is 7.95. The van der Waals surface area contributed by atoms with Crippen LogP contribution in [0.1, 0.15) is 16.7 Å². The Bertz CT molecular complexity index is 423. The second-order valence-electron chi connectivity index (χ2n) is 3.16. The highest BCUT2D eigenvalue weighted by atomic mass is 79.9. The number of benzene rings is 1. The molecule has 0 unspecified atom stereocenters. The fourth-order valence-corrected chi connectivity index (χ4v) is 1.72. The van der Waals surface area contributed by atoms with E-state index in [0.29, 0.717) is 6.07 Å². The molecule has 1 aromatic carbocycles. The van der Waals surface area contributed by atoms with Gasteiger partial charge in [0.1, 0.15) is 11.3 Å². The van der Waals surface area contributed by atoms with Gasteiger partial charge in [0.2, 0.25) is 0 Å². The van der Waals surface area contributed by atoms with Crippen LogP contribution in [0.3, 0.4) is 0 Å². The average Bonchev–Trinajstić information content (AvgIpc) is 2.12. The standard InChI is InChI=1S/C9H5BrF6O/c10-3-4-1-5(8(11,12)13)2-6(17)7(4)9(14,15)16/h1-2,17H,3H2. The lowest BCUT2D eigenvalue weighted by atomic mass is 10.0. The smallest absolute Gasteiger partial charge is 0.420 e. The van der Waals surface area contributed by atoms with Crippen LogP contribution in [0.15, 0.2) is 12.1 Å². The highest BCUT2D eigenvalue weighted by molar-refractivity contribution is 9.08. The van der Waals surface area contributed by atoms with Gasteiger partial charge >= 0.3 is 12.4 Å². The molecular weight excluding hydrogens is 318 g/mol. The summed E-state index contributed by atoms with van der Waals surface area (Å²) in [5.41, 5.74) is -3.44. The maximum atomic E-state index is 12.5. The number of alkyl halides is 7. The Labute approximate surface area is 100 Å². The van der Waals surface area contributed by atoms with Crippen molar-refractivity contribution in [2.24, 2.45) is 0 Å². The van der Waals surface area contributed by atoms with E-state index in [9.17, 15) is 26.3 Å². The van der Waals surface area contributed by atoms with Crippen LogP contribution in [-0.2, 0) is 17.7 Å². The summed E-state index contributed by atoms with van der Waals surface area (Å²) in [6.07, 6.45) is -9.71. The van der Waals surface area contributed by atoms with Crippen LogP contribution < -0.4 is 0 Å². The van der Waals surface area contributed by atoms with Gasteiger partial charge in [0.25, 0.3) is 0 Å². The lowest BCUT2D eigenvalue weighted by molar-refractivity contribution is -0.142. The van der Waals surface area contributed by atoms with Crippen molar-refractivity contribution < 1.29 is 31.4 Å². The summed E-state index contributed by atoms with van der Waals surface area (Å²) in [5, 5.41) is 8.62. The van der Waals surface area contributed by atoms with Crippen LogP contribution in [0.2, 0.25) is 0 Å². The third-order valence-corrected chi connectivity index (χ3v) is 2.56. The normalized spacial score (nSPS) is 12.9. The summed E-state index contributed by atoms with van der Waals surface area (Å²) in [6.45, 7) is 0. The fourth-order valence-electron chi connectivity index (χ4n) is 1.28. The SMILES string of the molecule is Oc1cc(C(F)(F)F)cc(CBr)c1C(F)(F)F. The first-order valence-electron chi connectivity index (χ1n) is 4.13. The van der Waals surface area contributed by atoms with Gasteiger partial charge in [-0.2, -0.15) is 26.3 Å². The molecule has 0 saturated heterocycles. The van der Waals surface area contributed by atoms with Crippen molar-refractivity contribution in [2.45, 2.75) is 17.7 Å². The second-order valence-corrected chi connectivity index (χ2v) is 3.72. The highest BCUT2D eigenvalue weighted by Crippen LogP contribution is 2.42. The van der Waals surface area contributed by atoms with E-state index in [4.69, 9.17) is 5.11 Å². The number of phenolic OH excluding ortho intramolecular Hbond substituents is 1. The molecule has 1 rings (SSSR count). The van der Waals surface area contributed by atoms with Gasteiger partial charge in [0, 0.05) is 5.33 Å². The number of hydrogen-bond acceptors (Lipinski definition) is 1. The first-order valence-corrected chi connectivity index (χ1v) is 5.25. The molecule has 0 aliphatic carbocycles. The van der Waals surface area contributed by atoms with Crippen molar-refractivity contribution in [3.63, 3.8) is 0 Å². The molecule has 0 radical (unpaired) electrons. The van der Waals surface area contributed by atoms with E-state index in [0.717, 1.165) is 0 Å². The largest absolute Gasteiger partial charge is 0.507 e. The molecule has 1 nitrogen and oxygen atoms in total. The van der Waals surface area contributed by atoms with Crippen LogP contribution in [0, 0.1) is 0 Å². The number of halogens is 7. The summed E-state index contributed by atoms with van der Waals surface area (Å²) in [6, 6.07) is 0.423. The van der Waals surface area contributed by atoms with E-state index in [-0.39, 0.29) is 6.07 Å². The quantitative estimate of drug-likeness (QED) is 0.603. The molecule has 8 heteroatoms. The Morgan fingerprint density at radius 3 is 1.88 bits per heavy atom. The van der Waals surface area contributed by atoms with Crippen molar-refractivity contribution in [1.29, 1.82) is 0 Å². The molecule has 0 saturated carbocycles. The first-order chi connectivity index (χ1) is 7.57. The molecular formula is C9H5BrF6O. The van der Waals surface area contributed by atoms with Crippen molar-refractivity contribution in [1.82, 2.24) is 0 Å². The minimum absolute atomic E-state index is 0.0645. The molecule has 0 aliphatic rings. The molecule has 0 spiro atoms. The highest BCUT2D eigenvalue weighted by Gasteiger charge is 2.39. The van der Waals surface area contributed by atoms with Gasteiger partial charge in [-0.05, 0) is 17.7 Å². The number of hydrogen-bond donors (Lipinski definition) is 1. The van der Waals surface area contributed by atoms with Crippen molar-refractivity contribution in [3.8, 4) is 5.75 Å². The maximum absolute atomic E-state index is 12.5. The van der Waals surface area contributed by atoms with Crippen molar-refractivity contribution >= 4 is 15.9 Å². The Hall–Kier alpha value is -0.920. The molecule has 17 heavy (non-hydrogen) atoms. The molecule has 0 heterocycles. The fraction of sp³-hybridized carbons (Fsp3) is 0.333. The summed E-state index contributed by atoms with van der Waals surface area (Å²) in [5.74, 6) is -1.43. The van der Waals surface area contributed by atoms with E-state index in [1.807, 2.05) is 0 Å². The van der Waals surface area contributed by atoms with Crippen LogP contribution >= 0.6 is 15.9 Å². The minimum Gasteiger partial charge on any atom is -0.507 e.